The van der Waals surface area contributed by atoms with E-state index >= 15 is 0 Å². The van der Waals surface area contributed by atoms with Gasteiger partial charge < -0.3 is 5.32 Å². The van der Waals surface area contributed by atoms with Crippen molar-refractivity contribution in [2.75, 3.05) is 5.32 Å². The predicted octanol–water partition coefficient (Wildman–Crippen LogP) is 4.78. The lowest BCUT2D eigenvalue weighted by Crippen LogP contribution is -2.13. The Bertz CT molecular complexity index is 877. The third-order valence-electron chi connectivity index (χ3n) is 3.01. The van der Waals surface area contributed by atoms with Crippen molar-refractivity contribution in [3.8, 4) is 0 Å². The monoisotopic (exact) mass is 403 g/mol. The maximum Gasteiger partial charge on any atom is 0.258 e. The Morgan fingerprint density at radius 2 is 1.88 bits per heavy atom. The molecule has 0 aliphatic rings. The second kappa shape index (κ2) is 7.55. The summed E-state index contributed by atoms with van der Waals surface area (Å²) in [4.78, 5) is 20.7. The fraction of sp³-hybridized carbons (Fsp3) is 0. The minimum absolute atomic E-state index is 0.0277. The van der Waals surface area contributed by atoms with Crippen LogP contribution in [0.4, 0.5) is 10.1 Å². The molecule has 120 valence electrons. The highest BCUT2D eigenvalue weighted by Crippen LogP contribution is 2.26. The van der Waals surface area contributed by atoms with Crippen molar-refractivity contribution < 1.29 is 9.18 Å². The van der Waals surface area contributed by atoms with Crippen molar-refractivity contribution in [1.82, 2.24) is 9.97 Å². The number of hydrogen-bond acceptors (Lipinski definition) is 4. The Balaban J connectivity index is 1.77. The van der Waals surface area contributed by atoms with Crippen LogP contribution in [0.5, 0.6) is 0 Å². The molecule has 0 saturated heterocycles. The SMILES string of the molecule is O=C(Nc1ccnc(Sc2ccccn2)c1)c1cc(Br)ccc1F. The standard InChI is InChI=1S/C17H11BrFN3OS/c18-11-4-5-14(19)13(9-11)17(23)22-12-6-8-21-16(10-12)24-15-3-1-2-7-20-15/h1-10H,(H,21,22,23). The quantitative estimate of drug-likeness (QED) is 0.680. The van der Waals surface area contributed by atoms with Gasteiger partial charge in [-0.15, -0.1) is 0 Å². The van der Waals surface area contributed by atoms with Crippen LogP contribution in [-0.2, 0) is 0 Å². The first kappa shape index (κ1) is 16.6. The van der Waals surface area contributed by atoms with Crippen molar-refractivity contribution in [1.29, 1.82) is 0 Å². The molecule has 0 radical (unpaired) electrons. The number of nitrogens with zero attached hydrogens (tertiary/aromatic N) is 2. The zero-order chi connectivity index (χ0) is 16.9. The molecule has 0 aliphatic carbocycles. The maximum absolute atomic E-state index is 13.8. The van der Waals surface area contributed by atoms with Gasteiger partial charge in [-0.2, -0.15) is 0 Å². The highest BCUT2D eigenvalue weighted by molar-refractivity contribution is 9.10. The number of rotatable bonds is 4. The first-order chi connectivity index (χ1) is 11.6. The first-order valence-corrected chi connectivity index (χ1v) is 8.54. The van der Waals surface area contributed by atoms with Gasteiger partial charge in [0.05, 0.1) is 5.56 Å². The molecule has 0 unspecified atom stereocenters. The molecule has 2 aromatic heterocycles. The van der Waals surface area contributed by atoms with Gasteiger partial charge in [-0.1, -0.05) is 33.8 Å². The maximum atomic E-state index is 13.8. The number of carbonyl (C=O) groups excluding carboxylic acids is 1. The molecule has 0 bridgehead atoms. The molecule has 0 aliphatic heterocycles. The van der Waals surface area contributed by atoms with E-state index < -0.39 is 11.7 Å². The van der Waals surface area contributed by atoms with E-state index in [1.54, 1.807) is 30.6 Å². The van der Waals surface area contributed by atoms with E-state index in [4.69, 9.17) is 0 Å². The molecule has 0 fully saturated rings. The van der Waals surface area contributed by atoms with Crippen molar-refractivity contribution in [3.05, 3.63) is 76.8 Å². The number of hydrogen-bond donors (Lipinski definition) is 1. The molecule has 0 atom stereocenters. The fourth-order valence-electron chi connectivity index (χ4n) is 1.93. The summed E-state index contributed by atoms with van der Waals surface area (Å²) in [6.07, 6.45) is 3.28. The average molecular weight is 404 g/mol. The molecule has 1 aromatic carbocycles. The lowest BCUT2D eigenvalue weighted by atomic mass is 10.2. The van der Waals surface area contributed by atoms with E-state index in [1.807, 2.05) is 18.2 Å². The van der Waals surface area contributed by atoms with Crippen molar-refractivity contribution >= 4 is 39.3 Å². The number of halogens is 2. The van der Waals surface area contributed by atoms with Crippen LogP contribution in [0.25, 0.3) is 0 Å². The fourth-order valence-corrected chi connectivity index (χ4v) is 3.06. The Labute approximate surface area is 150 Å². The average Bonchev–Trinajstić information content (AvgIpc) is 2.58. The smallest absolute Gasteiger partial charge is 0.258 e. The zero-order valence-corrected chi connectivity index (χ0v) is 14.6. The molecule has 2 heterocycles. The Morgan fingerprint density at radius 3 is 2.67 bits per heavy atom. The number of pyridine rings is 2. The molecule has 1 N–H and O–H groups in total. The molecule has 0 saturated carbocycles. The van der Waals surface area contributed by atoms with Gasteiger partial charge in [0.15, 0.2) is 0 Å². The minimum Gasteiger partial charge on any atom is -0.322 e. The number of amides is 1. The lowest BCUT2D eigenvalue weighted by Gasteiger charge is -2.08. The summed E-state index contributed by atoms with van der Waals surface area (Å²) in [5, 5.41) is 4.16. The van der Waals surface area contributed by atoms with Gasteiger partial charge >= 0.3 is 0 Å². The predicted molar refractivity (Wildman–Crippen MR) is 94.7 cm³/mol. The zero-order valence-electron chi connectivity index (χ0n) is 12.2. The largest absolute Gasteiger partial charge is 0.322 e. The van der Waals surface area contributed by atoms with Crippen LogP contribution in [0, 0.1) is 5.82 Å². The summed E-state index contributed by atoms with van der Waals surface area (Å²) >= 11 is 4.61. The van der Waals surface area contributed by atoms with Crippen LogP contribution in [0.15, 0.2) is 75.4 Å². The Kier molecular flexibility index (Phi) is 5.22. The number of aromatic nitrogens is 2. The van der Waals surface area contributed by atoms with Crippen LogP contribution in [-0.4, -0.2) is 15.9 Å². The number of benzene rings is 1. The highest BCUT2D eigenvalue weighted by Gasteiger charge is 2.13. The summed E-state index contributed by atoms with van der Waals surface area (Å²) in [6, 6.07) is 13.2. The second-order valence-electron chi connectivity index (χ2n) is 4.73. The highest BCUT2D eigenvalue weighted by atomic mass is 79.9. The van der Waals surface area contributed by atoms with Crippen LogP contribution < -0.4 is 5.32 Å². The van der Waals surface area contributed by atoms with Gasteiger partial charge in [0.1, 0.15) is 15.9 Å². The van der Waals surface area contributed by atoms with E-state index in [1.165, 1.54) is 23.9 Å². The van der Waals surface area contributed by atoms with Gasteiger partial charge in [0.25, 0.3) is 5.91 Å². The van der Waals surface area contributed by atoms with E-state index in [-0.39, 0.29) is 5.56 Å². The molecular weight excluding hydrogens is 393 g/mol. The van der Waals surface area contributed by atoms with Crippen LogP contribution in [0.1, 0.15) is 10.4 Å². The summed E-state index contributed by atoms with van der Waals surface area (Å²) in [5.74, 6) is -1.10. The van der Waals surface area contributed by atoms with Crippen molar-refractivity contribution in [2.24, 2.45) is 0 Å². The Hall–Kier alpha value is -2.25. The van der Waals surface area contributed by atoms with Gasteiger partial charge in [0.2, 0.25) is 0 Å². The normalized spacial score (nSPS) is 10.4. The van der Waals surface area contributed by atoms with E-state index in [0.717, 1.165) is 5.03 Å². The van der Waals surface area contributed by atoms with E-state index in [0.29, 0.717) is 15.2 Å². The summed E-state index contributed by atoms with van der Waals surface area (Å²) in [7, 11) is 0. The molecular formula is C17H11BrFN3OS. The van der Waals surface area contributed by atoms with Gasteiger partial charge in [-0.25, -0.2) is 14.4 Å². The molecule has 0 spiro atoms. The Morgan fingerprint density at radius 1 is 1.04 bits per heavy atom. The molecule has 4 nitrogen and oxygen atoms in total. The molecule has 1 amide bonds. The second-order valence-corrected chi connectivity index (χ2v) is 6.69. The van der Waals surface area contributed by atoms with Gasteiger partial charge in [0, 0.05) is 22.6 Å². The number of nitrogens with one attached hydrogen (secondary N) is 1. The van der Waals surface area contributed by atoms with Gasteiger partial charge in [-0.3, -0.25) is 4.79 Å². The molecule has 24 heavy (non-hydrogen) atoms. The van der Waals surface area contributed by atoms with Crippen LogP contribution >= 0.6 is 27.7 Å². The third-order valence-corrected chi connectivity index (χ3v) is 4.39. The topological polar surface area (TPSA) is 54.9 Å². The van der Waals surface area contributed by atoms with E-state index in [2.05, 4.69) is 31.2 Å². The van der Waals surface area contributed by atoms with Crippen LogP contribution in [0.3, 0.4) is 0 Å². The molecule has 7 heteroatoms. The van der Waals surface area contributed by atoms with Gasteiger partial charge in [-0.05, 0) is 42.5 Å². The number of carbonyl (C=O) groups is 1. The number of anilines is 1. The first-order valence-electron chi connectivity index (χ1n) is 6.93. The molecule has 3 rings (SSSR count). The molecule has 3 aromatic rings. The summed E-state index contributed by atoms with van der Waals surface area (Å²) < 4.78 is 14.4. The van der Waals surface area contributed by atoms with E-state index in [9.17, 15) is 9.18 Å². The lowest BCUT2D eigenvalue weighted by molar-refractivity contribution is 0.102. The van der Waals surface area contributed by atoms with Crippen molar-refractivity contribution in [3.63, 3.8) is 0 Å². The van der Waals surface area contributed by atoms with Crippen molar-refractivity contribution in [2.45, 2.75) is 10.1 Å². The summed E-state index contributed by atoms with van der Waals surface area (Å²) in [6.45, 7) is 0. The van der Waals surface area contributed by atoms with Crippen LogP contribution in [0.2, 0.25) is 0 Å². The summed E-state index contributed by atoms with van der Waals surface area (Å²) in [5.41, 5.74) is 0.507. The third kappa shape index (κ3) is 4.18. The minimum atomic E-state index is -0.576.